The van der Waals surface area contributed by atoms with Crippen molar-refractivity contribution >= 4 is 10.0 Å². The van der Waals surface area contributed by atoms with Crippen LogP contribution >= 0.6 is 0 Å². The average Bonchev–Trinajstić information content (AvgIpc) is 3.30. The van der Waals surface area contributed by atoms with E-state index in [4.69, 9.17) is 0 Å². The van der Waals surface area contributed by atoms with Gasteiger partial charge in [0.25, 0.3) is 0 Å². The summed E-state index contributed by atoms with van der Waals surface area (Å²) in [5.41, 5.74) is 1.89. The van der Waals surface area contributed by atoms with Crippen molar-refractivity contribution in [3.05, 3.63) is 65.5 Å². The lowest BCUT2D eigenvalue weighted by atomic mass is 10.2. The molecule has 0 unspecified atom stereocenters. The Bertz CT molecular complexity index is 1080. The molecule has 2 aromatic heterocycles. The smallest absolute Gasteiger partial charge is 0.272 e. The Morgan fingerprint density at radius 1 is 1.14 bits per heavy atom. The molecule has 1 aromatic carbocycles. The maximum absolute atomic E-state index is 13.2. The van der Waals surface area contributed by atoms with Crippen LogP contribution < -0.4 is 0 Å². The molecule has 3 aromatic rings. The molecule has 2 heterocycles. The van der Waals surface area contributed by atoms with Crippen LogP contribution in [0.25, 0.3) is 0 Å². The van der Waals surface area contributed by atoms with E-state index in [1.165, 1.54) is 24.3 Å². The van der Waals surface area contributed by atoms with E-state index < -0.39 is 22.4 Å². The molecule has 0 fully saturated rings. The second kappa shape index (κ2) is 8.37. The van der Waals surface area contributed by atoms with Crippen LogP contribution in [0.2, 0.25) is 0 Å². The molecule has 0 amide bonds. The Kier molecular flexibility index (Phi) is 6.08. The van der Waals surface area contributed by atoms with Crippen molar-refractivity contribution in [2.45, 2.75) is 44.9 Å². The minimum atomic E-state index is -4.15. The summed E-state index contributed by atoms with van der Waals surface area (Å²) in [7, 11) is -4.15. The van der Waals surface area contributed by atoms with Gasteiger partial charge < -0.3 is 0 Å². The fourth-order valence-corrected chi connectivity index (χ4v) is 4.14. The van der Waals surface area contributed by atoms with Crippen LogP contribution in [0.5, 0.6) is 0 Å². The van der Waals surface area contributed by atoms with Crippen LogP contribution in [0.15, 0.2) is 47.8 Å². The number of rotatable bonds is 8. The number of hydrogen-bond acceptors (Lipinski definition) is 4. The molecule has 0 aliphatic heterocycles. The third-order valence-corrected chi connectivity index (χ3v) is 6.15. The molecule has 0 saturated heterocycles. The fourth-order valence-electron chi connectivity index (χ4n) is 2.80. The van der Waals surface area contributed by atoms with Gasteiger partial charge in [-0.1, -0.05) is 12.1 Å². The van der Waals surface area contributed by atoms with Crippen LogP contribution in [0, 0.1) is 12.7 Å². The minimum Gasteiger partial charge on any atom is -0.272 e. The summed E-state index contributed by atoms with van der Waals surface area (Å²) in [5.74, 6) is -0.443. The number of hydrogen-bond donors (Lipinski definition) is 0. The number of alkyl halides is 2. The number of aromatic nitrogens is 4. The van der Waals surface area contributed by atoms with Crippen molar-refractivity contribution in [3.8, 4) is 0 Å². The van der Waals surface area contributed by atoms with Crippen molar-refractivity contribution in [3.63, 3.8) is 0 Å². The van der Waals surface area contributed by atoms with Crippen LogP contribution in [-0.2, 0) is 29.7 Å². The fraction of sp³-hybridized carbons (Fsp3) is 0.333. The Balaban J connectivity index is 1.97. The number of sulfonamides is 1. The molecule has 0 saturated carbocycles. The van der Waals surface area contributed by atoms with Crippen molar-refractivity contribution in [1.82, 2.24) is 23.9 Å². The lowest BCUT2D eigenvalue weighted by Crippen LogP contribution is -2.30. The van der Waals surface area contributed by atoms with Gasteiger partial charge in [0.1, 0.15) is 10.7 Å². The topological polar surface area (TPSA) is 73.0 Å². The lowest BCUT2D eigenvalue weighted by Gasteiger charge is -2.21. The molecule has 0 atom stereocenters. The monoisotopic (exact) mass is 427 g/mol. The molecular weight excluding hydrogens is 407 g/mol. The number of aryl methyl sites for hydroxylation is 2. The molecule has 0 N–H and O–H groups in total. The molecular formula is C18H20F3N5O2S. The van der Waals surface area contributed by atoms with Crippen LogP contribution in [0.3, 0.4) is 0 Å². The molecule has 0 spiro atoms. The van der Waals surface area contributed by atoms with Gasteiger partial charge in [0.15, 0.2) is 0 Å². The number of nitrogens with zero attached hydrogens (tertiary/aromatic N) is 5. The van der Waals surface area contributed by atoms with Crippen LogP contribution in [-0.4, -0.2) is 32.3 Å². The zero-order valence-corrected chi connectivity index (χ0v) is 16.7. The van der Waals surface area contributed by atoms with Gasteiger partial charge in [-0.15, -0.1) is 0 Å². The van der Waals surface area contributed by atoms with E-state index in [2.05, 4.69) is 10.2 Å². The first-order valence-corrected chi connectivity index (χ1v) is 10.2. The van der Waals surface area contributed by atoms with E-state index in [1.807, 2.05) is 6.92 Å². The van der Waals surface area contributed by atoms with Gasteiger partial charge in [0.05, 0.1) is 18.1 Å². The molecule has 29 heavy (non-hydrogen) atoms. The normalized spacial score (nSPS) is 12.2. The third-order valence-electron chi connectivity index (χ3n) is 4.41. The van der Waals surface area contributed by atoms with E-state index in [0.717, 1.165) is 16.7 Å². The van der Waals surface area contributed by atoms with E-state index in [9.17, 15) is 21.6 Å². The predicted molar refractivity (Wildman–Crippen MR) is 99.0 cm³/mol. The molecule has 3 rings (SSSR count). The summed E-state index contributed by atoms with van der Waals surface area (Å²) >= 11 is 0. The molecule has 0 radical (unpaired) electrons. The first-order valence-electron chi connectivity index (χ1n) is 8.80. The highest BCUT2D eigenvalue weighted by molar-refractivity contribution is 7.89. The van der Waals surface area contributed by atoms with E-state index in [0.29, 0.717) is 23.4 Å². The molecule has 7 nitrogen and oxygen atoms in total. The van der Waals surface area contributed by atoms with E-state index in [1.54, 1.807) is 17.8 Å². The Labute approximate surface area is 166 Å². The van der Waals surface area contributed by atoms with E-state index in [-0.39, 0.29) is 22.7 Å². The van der Waals surface area contributed by atoms with Crippen molar-refractivity contribution < 1.29 is 21.6 Å². The molecule has 11 heteroatoms. The van der Waals surface area contributed by atoms with E-state index >= 15 is 0 Å². The third kappa shape index (κ3) is 4.67. The predicted octanol–water partition coefficient (Wildman–Crippen LogP) is 3.33. The summed E-state index contributed by atoms with van der Waals surface area (Å²) in [5, 5.41) is 7.73. The van der Waals surface area contributed by atoms with Crippen molar-refractivity contribution in [2.75, 3.05) is 0 Å². The summed E-state index contributed by atoms with van der Waals surface area (Å²) < 4.78 is 68.3. The maximum atomic E-state index is 13.2. The molecule has 0 bridgehead atoms. The Hall–Kier alpha value is -2.66. The van der Waals surface area contributed by atoms with Gasteiger partial charge in [0.2, 0.25) is 10.0 Å². The number of halogens is 3. The second-order valence-electron chi connectivity index (χ2n) is 6.43. The minimum absolute atomic E-state index is 0.0224. The maximum Gasteiger partial charge on any atom is 0.333 e. The van der Waals surface area contributed by atoms with Crippen LogP contribution in [0.4, 0.5) is 13.2 Å². The second-order valence-corrected chi connectivity index (χ2v) is 8.37. The first kappa shape index (κ1) is 21.1. The lowest BCUT2D eigenvalue weighted by molar-refractivity contribution is 0.0563. The van der Waals surface area contributed by atoms with Gasteiger partial charge in [-0.2, -0.15) is 23.3 Å². The SMILES string of the molecule is CCn1cc(CN(Cc2ccc(F)cc2)S(=O)(=O)c2cnn(C(F)F)c2)c(C)n1. The first-order chi connectivity index (χ1) is 13.7. The highest BCUT2D eigenvalue weighted by atomic mass is 32.2. The van der Waals surface area contributed by atoms with Crippen LogP contribution in [0.1, 0.15) is 30.3 Å². The van der Waals surface area contributed by atoms with Crippen molar-refractivity contribution in [2.24, 2.45) is 0 Å². The molecule has 156 valence electrons. The summed E-state index contributed by atoms with van der Waals surface area (Å²) in [4.78, 5) is -0.347. The van der Waals surface area contributed by atoms with Gasteiger partial charge in [0, 0.05) is 31.4 Å². The zero-order valence-electron chi connectivity index (χ0n) is 15.8. The van der Waals surface area contributed by atoms with Gasteiger partial charge in [-0.25, -0.2) is 17.5 Å². The summed E-state index contributed by atoms with van der Waals surface area (Å²) in [6.45, 7) is 1.24. The summed E-state index contributed by atoms with van der Waals surface area (Å²) in [6, 6.07) is 5.41. The average molecular weight is 427 g/mol. The molecule has 0 aliphatic carbocycles. The van der Waals surface area contributed by atoms with Gasteiger partial charge in [-0.3, -0.25) is 4.68 Å². The zero-order chi connectivity index (χ0) is 21.2. The van der Waals surface area contributed by atoms with Gasteiger partial charge >= 0.3 is 6.55 Å². The largest absolute Gasteiger partial charge is 0.333 e. The Morgan fingerprint density at radius 2 is 1.83 bits per heavy atom. The Morgan fingerprint density at radius 3 is 2.38 bits per heavy atom. The highest BCUT2D eigenvalue weighted by Gasteiger charge is 2.28. The highest BCUT2D eigenvalue weighted by Crippen LogP contribution is 2.23. The quantitative estimate of drug-likeness (QED) is 0.553. The molecule has 0 aliphatic rings. The van der Waals surface area contributed by atoms with Gasteiger partial charge in [-0.05, 0) is 31.5 Å². The standard InChI is InChI=1S/C18H20F3N5O2S/c1-3-24-10-15(13(2)23-24)11-25(9-14-4-6-16(19)7-5-14)29(27,28)17-8-22-26(12-17)18(20)21/h4-8,10,12,18H,3,9,11H2,1-2H3. The summed E-state index contributed by atoms with van der Waals surface area (Å²) in [6.07, 6.45) is 3.42. The van der Waals surface area contributed by atoms with Crippen molar-refractivity contribution in [1.29, 1.82) is 0 Å². The number of benzene rings is 1.